The third kappa shape index (κ3) is 5.12. The molecule has 0 spiro atoms. The van der Waals surface area contributed by atoms with E-state index in [1.165, 1.54) is 6.92 Å². The van der Waals surface area contributed by atoms with Crippen LogP contribution in [0.2, 0.25) is 0 Å². The molecule has 0 N–H and O–H groups in total. The van der Waals surface area contributed by atoms with Gasteiger partial charge in [0.25, 0.3) is 0 Å². The number of rotatable bonds is 8. The molecule has 0 unspecified atom stereocenters. The van der Waals surface area contributed by atoms with Crippen molar-refractivity contribution in [3.63, 3.8) is 0 Å². The maximum absolute atomic E-state index is 14.4. The summed E-state index contributed by atoms with van der Waals surface area (Å²) in [4.78, 5) is 10.7. The normalized spacial score (nSPS) is 18.9. The van der Waals surface area contributed by atoms with Gasteiger partial charge in [-0.15, -0.1) is 0 Å². The molecule has 22 heavy (non-hydrogen) atoms. The van der Waals surface area contributed by atoms with Crippen molar-refractivity contribution in [3.8, 4) is 0 Å². The van der Waals surface area contributed by atoms with E-state index in [1.807, 2.05) is 0 Å². The van der Waals surface area contributed by atoms with Gasteiger partial charge < -0.3 is 4.74 Å². The van der Waals surface area contributed by atoms with Crippen molar-refractivity contribution in [1.29, 1.82) is 0 Å². The smallest absolute Gasteiger partial charge is 0.374 e. The van der Waals surface area contributed by atoms with E-state index >= 15 is 0 Å². The van der Waals surface area contributed by atoms with E-state index in [1.54, 1.807) is 0 Å². The largest absolute Gasteiger partial charge is 0.466 e. The molecule has 0 heterocycles. The Morgan fingerprint density at radius 2 is 1.82 bits per heavy atom. The lowest BCUT2D eigenvalue weighted by Crippen LogP contribution is -2.46. The Kier molecular flexibility index (Phi) is 6.66. The van der Waals surface area contributed by atoms with Gasteiger partial charge in [0.2, 0.25) is 6.01 Å². The van der Waals surface area contributed by atoms with Crippen molar-refractivity contribution in [2.75, 3.05) is 12.6 Å². The second kappa shape index (κ2) is 7.63. The molecule has 0 aromatic heterocycles. The zero-order valence-corrected chi connectivity index (χ0v) is 13.3. The minimum absolute atomic E-state index is 0.0248. The van der Waals surface area contributed by atoms with E-state index in [0.717, 1.165) is 6.42 Å². The average Bonchev–Trinajstić information content (AvgIpc) is 2.43. The molecule has 0 aliphatic heterocycles. The van der Waals surface area contributed by atoms with Crippen molar-refractivity contribution in [2.45, 2.75) is 58.0 Å². The molecule has 0 atom stereocenters. The summed E-state index contributed by atoms with van der Waals surface area (Å²) in [6.07, 6.45) is -1.90. The first kappa shape index (κ1) is 19.2. The molecule has 0 aromatic carbocycles. The van der Waals surface area contributed by atoms with Crippen molar-refractivity contribution in [1.82, 2.24) is 0 Å². The summed E-state index contributed by atoms with van der Waals surface area (Å²) < 4.78 is 71.7. The highest BCUT2D eigenvalue weighted by molar-refractivity contribution is 7.86. The van der Waals surface area contributed by atoms with Gasteiger partial charge in [-0.1, -0.05) is 19.3 Å². The predicted molar refractivity (Wildman–Crippen MR) is 72.3 cm³/mol. The number of carbonyl (C=O) groups excluding carboxylic acids is 1. The Labute approximate surface area is 128 Å². The van der Waals surface area contributed by atoms with Crippen LogP contribution >= 0.6 is 0 Å². The van der Waals surface area contributed by atoms with E-state index in [4.69, 9.17) is 4.74 Å². The van der Waals surface area contributed by atoms with Gasteiger partial charge in [0, 0.05) is 6.92 Å². The molecule has 5 nitrogen and oxygen atoms in total. The van der Waals surface area contributed by atoms with E-state index in [-0.39, 0.29) is 32.3 Å². The molecule has 0 radical (unpaired) electrons. The summed E-state index contributed by atoms with van der Waals surface area (Å²) in [5.74, 6) is -0.513. The van der Waals surface area contributed by atoms with Crippen LogP contribution in [0.15, 0.2) is 0 Å². The number of halogens is 3. The second-order valence-corrected chi connectivity index (χ2v) is 7.05. The van der Waals surface area contributed by atoms with Crippen LogP contribution in [0, 0.1) is 5.41 Å². The van der Waals surface area contributed by atoms with Crippen molar-refractivity contribution in [3.05, 3.63) is 0 Å². The molecule has 0 amide bonds. The van der Waals surface area contributed by atoms with Crippen LogP contribution in [0.3, 0.4) is 0 Å². The lowest BCUT2D eigenvalue weighted by Gasteiger charge is -2.41. The van der Waals surface area contributed by atoms with Gasteiger partial charge in [-0.2, -0.15) is 21.4 Å². The summed E-state index contributed by atoms with van der Waals surface area (Å²) in [5, 5.41) is 0. The van der Waals surface area contributed by atoms with Gasteiger partial charge in [0.15, 0.2) is 0 Å². The molecule has 0 saturated heterocycles. The van der Waals surface area contributed by atoms with Crippen molar-refractivity contribution >= 4 is 16.1 Å². The van der Waals surface area contributed by atoms with E-state index in [2.05, 4.69) is 4.18 Å². The monoisotopic (exact) mass is 346 g/mol. The Bertz CT molecular complexity index is 472. The number of esters is 1. The van der Waals surface area contributed by atoms with Gasteiger partial charge in [0.05, 0.1) is 12.0 Å². The number of ether oxygens (including phenoxy) is 1. The van der Waals surface area contributed by atoms with Crippen LogP contribution in [0.5, 0.6) is 0 Å². The maximum atomic E-state index is 14.4. The molecule has 1 saturated carbocycles. The third-order valence-electron chi connectivity index (χ3n) is 3.90. The maximum Gasteiger partial charge on any atom is 0.374 e. The summed E-state index contributed by atoms with van der Waals surface area (Å²) in [6.45, 7) is 1.19. The SMILES string of the molecule is CC(=O)OCCCC1(C(F)(F)OS(=O)(=O)CF)CCCCC1. The minimum atomic E-state index is -4.91. The van der Waals surface area contributed by atoms with Gasteiger partial charge in [-0.25, -0.2) is 4.39 Å². The van der Waals surface area contributed by atoms with Gasteiger partial charge in [-0.3, -0.25) is 4.79 Å². The molecule has 0 bridgehead atoms. The van der Waals surface area contributed by atoms with E-state index in [0.29, 0.717) is 12.8 Å². The first-order chi connectivity index (χ1) is 10.1. The standard InChI is InChI=1S/C13H21F3O5S/c1-11(17)20-9-5-8-12(6-3-2-4-7-12)13(15,16)21-22(18,19)10-14/h2-10H2,1H3. The van der Waals surface area contributed by atoms with Gasteiger partial charge in [-0.05, 0) is 25.7 Å². The fourth-order valence-electron chi connectivity index (χ4n) is 2.81. The first-order valence-corrected chi connectivity index (χ1v) is 8.72. The minimum Gasteiger partial charge on any atom is -0.466 e. The molecule has 9 heteroatoms. The predicted octanol–water partition coefficient (Wildman–Crippen LogP) is 3.15. The summed E-state index contributed by atoms with van der Waals surface area (Å²) in [7, 11) is -4.91. The van der Waals surface area contributed by atoms with Crippen LogP contribution < -0.4 is 0 Å². The molecule has 0 aromatic rings. The Morgan fingerprint density at radius 3 is 2.32 bits per heavy atom. The van der Waals surface area contributed by atoms with E-state index < -0.39 is 33.6 Å². The first-order valence-electron chi connectivity index (χ1n) is 7.15. The van der Waals surface area contributed by atoms with Gasteiger partial charge >= 0.3 is 22.2 Å². The second-order valence-electron chi connectivity index (χ2n) is 5.55. The molecular formula is C13H21F3O5S. The van der Waals surface area contributed by atoms with Crippen LogP contribution in [-0.2, 0) is 23.8 Å². The third-order valence-corrected chi connectivity index (χ3v) is 4.63. The van der Waals surface area contributed by atoms with Crippen molar-refractivity contribution < 1.29 is 35.3 Å². The highest BCUT2D eigenvalue weighted by Gasteiger charge is 2.56. The molecule has 1 aliphatic rings. The van der Waals surface area contributed by atoms with Gasteiger partial charge in [0.1, 0.15) is 0 Å². The van der Waals surface area contributed by atoms with Crippen LogP contribution in [0.4, 0.5) is 13.2 Å². The fourth-order valence-corrected chi connectivity index (χ4v) is 3.35. The Morgan fingerprint density at radius 1 is 1.23 bits per heavy atom. The Hall–Kier alpha value is -0.830. The molecule has 130 valence electrons. The lowest BCUT2D eigenvalue weighted by molar-refractivity contribution is -0.269. The number of carbonyl (C=O) groups is 1. The number of hydrogen-bond donors (Lipinski definition) is 0. The topological polar surface area (TPSA) is 69.7 Å². The zero-order chi connectivity index (χ0) is 16.9. The van der Waals surface area contributed by atoms with E-state index in [9.17, 15) is 26.4 Å². The highest BCUT2D eigenvalue weighted by Crippen LogP contribution is 2.52. The van der Waals surface area contributed by atoms with Crippen molar-refractivity contribution in [2.24, 2.45) is 5.41 Å². The number of alkyl halides is 3. The summed E-state index contributed by atoms with van der Waals surface area (Å²) in [6, 6.07) is -1.99. The summed E-state index contributed by atoms with van der Waals surface area (Å²) >= 11 is 0. The summed E-state index contributed by atoms with van der Waals surface area (Å²) in [5.41, 5.74) is -1.67. The Balaban J connectivity index is 2.83. The van der Waals surface area contributed by atoms with Crippen LogP contribution in [0.1, 0.15) is 51.9 Å². The molecule has 1 aliphatic carbocycles. The van der Waals surface area contributed by atoms with Crippen LogP contribution in [-0.4, -0.2) is 33.1 Å². The quantitative estimate of drug-likeness (QED) is 0.384. The lowest BCUT2D eigenvalue weighted by atomic mass is 9.70. The molecule has 1 fully saturated rings. The molecular weight excluding hydrogens is 325 g/mol. The average molecular weight is 346 g/mol. The highest BCUT2D eigenvalue weighted by atomic mass is 32.2. The molecule has 1 rings (SSSR count). The van der Waals surface area contributed by atoms with Crippen LogP contribution in [0.25, 0.3) is 0 Å². The zero-order valence-electron chi connectivity index (χ0n) is 12.4. The number of hydrogen-bond acceptors (Lipinski definition) is 5. The fraction of sp³-hybridized carbons (Fsp3) is 0.923.